The number of carbonyl (C=O) groups is 1. The minimum atomic E-state index is -0.266. The number of nitrogens with one attached hydrogen (secondary N) is 1. The van der Waals surface area contributed by atoms with Crippen LogP contribution in [-0.2, 0) is 4.79 Å². The molecule has 78 valence electrons. The molecule has 0 fully saturated rings. The van der Waals surface area contributed by atoms with Crippen molar-refractivity contribution in [2.24, 2.45) is 11.3 Å². The van der Waals surface area contributed by atoms with E-state index in [-0.39, 0.29) is 11.3 Å². The molecule has 2 nitrogen and oxygen atoms in total. The van der Waals surface area contributed by atoms with Crippen molar-refractivity contribution in [2.45, 2.75) is 34.1 Å². The molecule has 0 aromatic carbocycles. The summed E-state index contributed by atoms with van der Waals surface area (Å²) in [6, 6.07) is 0. The van der Waals surface area contributed by atoms with Gasteiger partial charge in [0.1, 0.15) is 0 Å². The van der Waals surface area contributed by atoms with Crippen LogP contribution in [0.2, 0.25) is 0 Å². The normalized spacial score (nSPS) is 13.9. The van der Waals surface area contributed by atoms with Gasteiger partial charge in [-0.25, -0.2) is 0 Å². The summed E-state index contributed by atoms with van der Waals surface area (Å²) in [4.78, 5) is 11.4. The van der Waals surface area contributed by atoms with Crippen LogP contribution in [0, 0.1) is 11.3 Å². The average Bonchev–Trinajstić information content (AvgIpc) is 2.02. The minimum Gasteiger partial charge on any atom is -0.356 e. The van der Waals surface area contributed by atoms with Gasteiger partial charge in [0.25, 0.3) is 0 Å². The molecule has 1 unspecified atom stereocenters. The first kappa shape index (κ1) is 12.9. The summed E-state index contributed by atoms with van der Waals surface area (Å²) in [5.41, 5.74) is -0.266. The van der Waals surface area contributed by atoms with Gasteiger partial charge in [-0.2, -0.15) is 0 Å². The predicted molar refractivity (Wildman–Crippen MR) is 60.0 cm³/mol. The van der Waals surface area contributed by atoms with Gasteiger partial charge >= 0.3 is 0 Å². The molecule has 0 rings (SSSR count). The number of hydrogen-bond acceptors (Lipinski definition) is 1. The van der Waals surface area contributed by atoms with Gasteiger partial charge in [0.15, 0.2) is 0 Å². The highest BCUT2D eigenvalue weighted by Gasteiger charge is 2.20. The lowest BCUT2D eigenvalue weighted by Gasteiger charge is -2.18. The molecule has 1 N–H and O–H groups in total. The average molecular weight is 250 g/mol. The van der Waals surface area contributed by atoms with Crippen LogP contribution in [0.4, 0.5) is 0 Å². The first-order chi connectivity index (χ1) is 5.88. The maximum absolute atomic E-state index is 11.4. The Hall–Kier alpha value is -0.0500. The third kappa shape index (κ3) is 6.08. The van der Waals surface area contributed by atoms with Gasteiger partial charge in [-0.3, -0.25) is 4.79 Å². The number of hydrogen-bond donors (Lipinski definition) is 1. The fourth-order valence-corrected chi connectivity index (χ4v) is 1.10. The van der Waals surface area contributed by atoms with Crippen molar-refractivity contribution in [3.05, 3.63) is 0 Å². The highest BCUT2D eigenvalue weighted by molar-refractivity contribution is 9.09. The van der Waals surface area contributed by atoms with Crippen molar-refractivity contribution in [1.29, 1.82) is 0 Å². The maximum Gasteiger partial charge on any atom is 0.225 e. The maximum atomic E-state index is 11.4. The number of rotatable bonds is 4. The topological polar surface area (TPSA) is 29.1 Å². The van der Waals surface area contributed by atoms with E-state index in [4.69, 9.17) is 0 Å². The van der Waals surface area contributed by atoms with Crippen LogP contribution in [0.5, 0.6) is 0 Å². The lowest BCUT2D eigenvalue weighted by atomic mass is 9.95. The summed E-state index contributed by atoms with van der Waals surface area (Å²) in [7, 11) is 0. The van der Waals surface area contributed by atoms with Gasteiger partial charge in [0, 0.05) is 17.3 Å². The summed E-state index contributed by atoms with van der Waals surface area (Å²) >= 11 is 3.41. The molecule has 1 amide bonds. The van der Waals surface area contributed by atoms with Crippen LogP contribution < -0.4 is 5.32 Å². The molecule has 0 aromatic rings. The number of halogens is 1. The minimum absolute atomic E-state index is 0.134. The highest BCUT2D eigenvalue weighted by Crippen LogP contribution is 2.12. The number of amides is 1. The zero-order chi connectivity index (χ0) is 10.5. The number of carbonyl (C=O) groups excluding carboxylic acids is 1. The van der Waals surface area contributed by atoms with Crippen molar-refractivity contribution in [3.63, 3.8) is 0 Å². The Morgan fingerprint density at radius 1 is 1.46 bits per heavy atom. The Morgan fingerprint density at radius 3 is 2.38 bits per heavy atom. The van der Waals surface area contributed by atoms with Crippen molar-refractivity contribution < 1.29 is 4.79 Å². The van der Waals surface area contributed by atoms with E-state index in [0.717, 1.165) is 18.3 Å². The van der Waals surface area contributed by atoms with Gasteiger partial charge in [-0.05, 0) is 12.3 Å². The molecular weight excluding hydrogens is 230 g/mol. The third-order valence-corrected chi connectivity index (χ3v) is 2.97. The first-order valence-corrected chi connectivity index (χ1v) is 5.84. The van der Waals surface area contributed by atoms with Crippen molar-refractivity contribution in [2.75, 3.05) is 11.9 Å². The molecule has 0 aliphatic heterocycles. The Morgan fingerprint density at radius 2 is 2.00 bits per heavy atom. The van der Waals surface area contributed by atoms with Gasteiger partial charge in [0.05, 0.1) is 0 Å². The van der Waals surface area contributed by atoms with E-state index in [1.165, 1.54) is 0 Å². The second-order valence-electron chi connectivity index (χ2n) is 4.55. The summed E-state index contributed by atoms with van der Waals surface area (Å²) < 4.78 is 0. The molecule has 0 aromatic heterocycles. The second kappa shape index (κ2) is 5.63. The Labute approximate surface area is 89.6 Å². The molecule has 0 bridgehead atoms. The molecule has 0 aliphatic carbocycles. The summed E-state index contributed by atoms with van der Waals surface area (Å²) in [6.07, 6.45) is 1.03. The lowest BCUT2D eigenvalue weighted by Crippen LogP contribution is -2.35. The fourth-order valence-electron chi connectivity index (χ4n) is 0.774. The molecular formula is C10H20BrNO. The highest BCUT2D eigenvalue weighted by atomic mass is 79.9. The molecule has 0 saturated heterocycles. The third-order valence-electron chi connectivity index (χ3n) is 1.87. The van der Waals surface area contributed by atoms with Gasteiger partial charge < -0.3 is 5.32 Å². The van der Waals surface area contributed by atoms with Crippen molar-refractivity contribution in [3.8, 4) is 0 Å². The van der Waals surface area contributed by atoms with Gasteiger partial charge in [0.2, 0.25) is 5.91 Å². The molecule has 0 heterocycles. The largest absolute Gasteiger partial charge is 0.356 e. The summed E-state index contributed by atoms with van der Waals surface area (Å²) in [5, 5.41) is 3.93. The summed E-state index contributed by atoms with van der Waals surface area (Å²) in [6.45, 7) is 8.73. The SMILES string of the molecule is CC(CBr)CCNC(=O)C(C)(C)C. The molecule has 0 saturated carbocycles. The second-order valence-corrected chi connectivity index (χ2v) is 5.20. The molecule has 13 heavy (non-hydrogen) atoms. The van der Waals surface area contributed by atoms with E-state index in [2.05, 4.69) is 28.2 Å². The quantitative estimate of drug-likeness (QED) is 0.763. The van der Waals surface area contributed by atoms with Crippen LogP contribution >= 0.6 is 15.9 Å². The van der Waals surface area contributed by atoms with E-state index in [9.17, 15) is 4.79 Å². The van der Waals surface area contributed by atoms with E-state index < -0.39 is 0 Å². The van der Waals surface area contributed by atoms with E-state index >= 15 is 0 Å². The van der Waals surface area contributed by atoms with E-state index in [0.29, 0.717) is 5.92 Å². The van der Waals surface area contributed by atoms with E-state index in [1.54, 1.807) is 0 Å². The summed E-state index contributed by atoms with van der Waals surface area (Å²) in [5.74, 6) is 0.759. The Bertz CT molecular complexity index is 163. The Balaban J connectivity index is 3.60. The monoisotopic (exact) mass is 249 g/mol. The van der Waals surface area contributed by atoms with E-state index in [1.807, 2.05) is 20.8 Å². The molecule has 3 heteroatoms. The van der Waals surface area contributed by atoms with Crippen LogP contribution in [0.1, 0.15) is 34.1 Å². The zero-order valence-corrected chi connectivity index (χ0v) is 10.6. The van der Waals surface area contributed by atoms with Crippen LogP contribution in [0.15, 0.2) is 0 Å². The lowest BCUT2D eigenvalue weighted by molar-refractivity contribution is -0.128. The van der Waals surface area contributed by atoms with Crippen molar-refractivity contribution in [1.82, 2.24) is 5.32 Å². The molecule has 0 radical (unpaired) electrons. The smallest absolute Gasteiger partial charge is 0.225 e. The molecule has 1 atom stereocenters. The van der Waals surface area contributed by atoms with Crippen LogP contribution in [0.3, 0.4) is 0 Å². The molecule has 0 aliphatic rings. The number of alkyl halides is 1. The van der Waals surface area contributed by atoms with Crippen LogP contribution in [-0.4, -0.2) is 17.8 Å². The van der Waals surface area contributed by atoms with Crippen molar-refractivity contribution >= 4 is 21.8 Å². The standard InChI is InChI=1S/C10H20BrNO/c1-8(7-11)5-6-12-9(13)10(2,3)4/h8H,5-7H2,1-4H3,(H,12,13). The Kier molecular flexibility index (Phi) is 5.61. The van der Waals surface area contributed by atoms with Gasteiger partial charge in [-0.1, -0.05) is 43.6 Å². The van der Waals surface area contributed by atoms with Crippen LogP contribution in [0.25, 0.3) is 0 Å². The first-order valence-electron chi connectivity index (χ1n) is 4.72. The fraction of sp³-hybridized carbons (Fsp3) is 0.900. The van der Waals surface area contributed by atoms with Gasteiger partial charge in [-0.15, -0.1) is 0 Å². The predicted octanol–water partition coefficient (Wildman–Crippen LogP) is 2.57. The molecule has 0 spiro atoms. The zero-order valence-electron chi connectivity index (χ0n) is 8.98.